The Kier molecular flexibility index (Phi) is 5.25. The highest BCUT2D eigenvalue weighted by Crippen LogP contribution is 2.41. The van der Waals surface area contributed by atoms with Crippen LogP contribution in [0.15, 0.2) is 64.2 Å². The molecule has 1 amide bonds. The second-order valence-corrected chi connectivity index (χ2v) is 6.77. The maximum Gasteiger partial charge on any atom is 0.438 e. The maximum atomic E-state index is 13.5. The molecular weight excluding hydrogens is 429 g/mol. The van der Waals surface area contributed by atoms with Crippen molar-refractivity contribution in [3.63, 3.8) is 0 Å². The predicted octanol–water partition coefficient (Wildman–Crippen LogP) is 3.72. The molecule has 0 saturated carbocycles. The van der Waals surface area contributed by atoms with Crippen molar-refractivity contribution >= 4 is 27.5 Å². The lowest BCUT2D eigenvalue weighted by atomic mass is 10.0. The molecule has 1 heterocycles. The van der Waals surface area contributed by atoms with Crippen LogP contribution in [0.5, 0.6) is 5.75 Å². The molecule has 0 aliphatic carbocycles. The summed E-state index contributed by atoms with van der Waals surface area (Å²) >= 11 is 3.23. The largest absolute Gasteiger partial charge is 0.484 e. The molecular formula is C18H14BrF3N2O3. The van der Waals surface area contributed by atoms with E-state index in [9.17, 15) is 23.1 Å². The SMILES string of the molecule is O=C(COc1ccccc1)N1N=C(c2cccc(Br)c2)C[C@]1(O)C(F)(F)F. The molecule has 142 valence electrons. The summed E-state index contributed by atoms with van der Waals surface area (Å²) in [6.07, 6.45) is -5.96. The summed E-state index contributed by atoms with van der Waals surface area (Å²) in [5, 5.41) is 14.1. The smallest absolute Gasteiger partial charge is 0.438 e. The van der Waals surface area contributed by atoms with Gasteiger partial charge in [0.1, 0.15) is 5.75 Å². The van der Waals surface area contributed by atoms with Gasteiger partial charge in [-0.15, -0.1) is 0 Å². The van der Waals surface area contributed by atoms with E-state index in [2.05, 4.69) is 21.0 Å². The fourth-order valence-corrected chi connectivity index (χ4v) is 2.98. The zero-order valence-electron chi connectivity index (χ0n) is 13.8. The first-order valence-electron chi connectivity index (χ1n) is 7.84. The average Bonchev–Trinajstić information content (AvgIpc) is 3.00. The van der Waals surface area contributed by atoms with Crippen molar-refractivity contribution < 1.29 is 27.8 Å². The number of nitrogens with zero attached hydrogens (tertiary/aromatic N) is 2. The Morgan fingerprint density at radius 1 is 1.22 bits per heavy atom. The van der Waals surface area contributed by atoms with Gasteiger partial charge < -0.3 is 9.84 Å². The first-order valence-corrected chi connectivity index (χ1v) is 8.63. The van der Waals surface area contributed by atoms with Gasteiger partial charge in [-0.05, 0) is 29.8 Å². The van der Waals surface area contributed by atoms with Gasteiger partial charge in [0.15, 0.2) is 6.61 Å². The van der Waals surface area contributed by atoms with Gasteiger partial charge in [0.05, 0.1) is 12.1 Å². The number of aliphatic hydroxyl groups is 1. The molecule has 0 saturated heterocycles. The molecule has 2 aromatic carbocycles. The van der Waals surface area contributed by atoms with Crippen LogP contribution in [0.1, 0.15) is 12.0 Å². The molecule has 1 aliphatic heterocycles. The van der Waals surface area contributed by atoms with Crippen molar-refractivity contribution in [1.82, 2.24) is 5.01 Å². The van der Waals surface area contributed by atoms with E-state index in [-0.39, 0.29) is 10.7 Å². The van der Waals surface area contributed by atoms with Gasteiger partial charge >= 0.3 is 6.18 Å². The maximum absolute atomic E-state index is 13.5. The number of hydrazone groups is 1. The highest BCUT2D eigenvalue weighted by atomic mass is 79.9. The van der Waals surface area contributed by atoms with E-state index in [1.165, 1.54) is 0 Å². The number of carbonyl (C=O) groups excluding carboxylic acids is 1. The van der Waals surface area contributed by atoms with Crippen molar-refractivity contribution in [2.45, 2.75) is 18.3 Å². The van der Waals surface area contributed by atoms with Crippen molar-refractivity contribution in [1.29, 1.82) is 0 Å². The quantitative estimate of drug-likeness (QED) is 0.784. The van der Waals surface area contributed by atoms with Gasteiger partial charge in [0.2, 0.25) is 0 Å². The Hall–Kier alpha value is -2.39. The van der Waals surface area contributed by atoms with E-state index < -0.39 is 30.8 Å². The molecule has 0 unspecified atom stereocenters. The first-order chi connectivity index (χ1) is 12.7. The van der Waals surface area contributed by atoms with Crippen LogP contribution in [-0.2, 0) is 4.79 Å². The topological polar surface area (TPSA) is 62.1 Å². The summed E-state index contributed by atoms with van der Waals surface area (Å²) in [7, 11) is 0. The average molecular weight is 443 g/mol. The van der Waals surface area contributed by atoms with Crippen LogP contribution < -0.4 is 4.74 Å². The van der Waals surface area contributed by atoms with E-state index >= 15 is 0 Å². The van der Waals surface area contributed by atoms with Crippen LogP contribution in [0, 0.1) is 0 Å². The summed E-state index contributed by atoms with van der Waals surface area (Å²) in [4.78, 5) is 12.3. The second kappa shape index (κ2) is 7.32. The van der Waals surface area contributed by atoms with Crippen LogP contribution >= 0.6 is 15.9 Å². The van der Waals surface area contributed by atoms with Crippen molar-refractivity contribution in [2.24, 2.45) is 5.10 Å². The van der Waals surface area contributed by atoms with Gasteiger partial charge in [-0.3, -0.25) is 4.79 Å². The number of alkyl halides is 3. The Morgan fingerprint density at radius 3 is 2.56 bits per heavy atom. The van der Waals surface area contributed by atoms with E-state index in [4.69, 9.17) is 4.74 Å². The first kappa shape index (κ1) is 19.4. The molecule has 0 fully saturated rings. The van der Waals surface area contributed by atoms with Crippen molar-refractivity contribution in [3.05, 3.63) is 64.6 Å². The standard InChI is InChI=1S/C18H14BrF3N2O3/c19-13-6-4-5-12(9-13)15-10-17(26,18(20,21)22)24(23-15)16(25)11-27-14-7-2-1-3-8-14/h1-9,26H,10-11H2/t17-/m0/s1. The van der Waals surface area contributed by atoms with Gasteiger partial charge in [-0.25, -0.2) is 0 Å². The third kappa shape index (κ3) is 3.98. The van der Waals surface area contributed by atoms with Crippen LogP contribution in [0.4, 0.5) is 13.2 Å². The normalized spacial score (nSPS) is 19.7. The molecule has 0 aromatic heterocycles. The Morgan fingerprint density at radius 2 is 1.93 bits per heavy atom. The van der Waals surface area contributed by atoms with Gasteiger partial charge in [-0.2, -0.15) is 23.3 Å². The third-order valence-corrected chi connectivity index (χ3v) is 4.43. The zero-order valence-corrected chi connectivity index (χ0v) is 15.4. The molecule has 2 aromatic rings. The third-order valence-electron chi connectivity index (χ3n) is 3.94. The fourth-order valence-electron chi connectivity index (χ4n) is 2.58. The van der Waals surface area contributed by atoms with Crippen LogP contribution in [0.3, 0.4) is 0 Å². The lowest BCUT2D eigenvalue weighted by Gasteiger charge is -2.32. The van der Waals surface area contributed by atoms with E-state index in [1.807, 2.05) is 0 Å². The summed E-state index contributed by atoms with van der Waals surface area (Å²) in [5.74, 6) is -0.791. The van der Waals surface area contributed by atoms with Gasteiger partial charge in [0, 0.05) is 4.47 Å². The van der Waals surface area contributed by atoms with Gasteiger partial charge in [0.25, 0.3) is 11.6 Å². The lowest BCUT2D eigenvalue weighted by molar-refractivity contribution is -0.302. The molecule has 1 N–H and O–H groups in total. The number of carbonyl (C=O) groups is 1. The van der Waals surface area contributed by atoms with Crippen molar-refractivity contribution in [2.75, 3.05) is 6.61 Å². The van der Waals surface area contributed by atoms with Crippen LogP contribution in [0.2, 0.25) is 0 Å². The number of hydrogen-bond acceptors (Lipinski definition) is 4. The van der Waals surface area contributed by atoms with E-state index in [0.717, 1.165) is 0 Å². The summed E-state index contributed by atoms with van der Waals surface area (Å²) in [5.41, 5.74) is -3.11. The molecule has 5 nitrogen and oxygen atoms in total. The minimum atomic E-state index is -5.09. The molecule has 1 aliphatic rings. The highest BCUT2D eigenvalue weighted by Gasteiger charge is 2.63. The molecule has 1 atom stereocenters. The number of halogens is 4. The molecule has 3 rings (SSSR count). The number of amides is 1. The highest BCUT2D eigenvalue weighted by molar-refractivity contribution is 9.10. The zero-order chi connectivity index (χ0) is 19.7. The summed E-state index contributed by atoms with van der Waals surface area (Å²) in [6.45, 7) is -0.697. The summed E-state index contributed by atoms with van der Waals surface area (Å²) in [6, 6.07) is 14.6. The summed E-state index contributed by atoms with van der Waals surface area (Å²) < 4.78 is 46.4. The molecule has 0 bridgehead atoms. The Bertz CT molecular complexity index is 874. The van der Waals surface area contributed by atoms with Crippen LogP contribution in [0.25, 0.3) is 0 Å². The predicted molar refractivity (Wildman–Crippen MR) is 95.1 cm³/mol. The Labute approximate surface area is 161 Å². The molecule has 0 spiro atoms. The number of para-hydroxylation sites is 1. The lowest BCUT2D eigenvalue weighted by Crippen LogP contribution is -2.57. The molecule has 9 heteroatoms. The minimum Gasteiger partial charge on any atom is -0.484 e. The number of hydrogen-bond donors (Lipinski definition) is 1. The van der Waals surface area contributed by atoms with Gasteiger partial charge in [-0.1, -0.05) is 46.3 Å². The van der Waals surface area contributed by atoms with E-state index in [1.54, 1.807) is 54.6 Å². The minimum absolute atomic E-state index is 0.0517. The molecule has 27 heavy (non-hydrogen) atoms. The number of rotatable bonds is 4. The van der Waals surface area contributed by atoms with Crippen LogP contribution in [-0.4, -0.2) is 40.2 Å². The van der Waals surface area contributed by atoms with Crippen molar-refractivity contribution in [3.8, 4) is 5.75 Å². The Balaban J connectivity index is 1.87. The fraction of sp³-hybridized carbons (Fsp3) is 0.222. The number of ether oxygens (including phenoxy) is 1. The monoisotopic (exact) mass is 442 g/mol. The number of benzene rings is 2. The molecule has 0 radical (unpaired) electrons. The van der Waals surface area contributed by atoms with E-state index in [0.29, 0.717) is 15.8 Å². The second-order valence-electron chi connectivity index (χ2n) is 5.86.